The Morgan fingerprint density at radius 3 is 2.41 bits per heavy atom. The Balaban J connectivity index is 2.18. The van der Waals surface area contributed by atoms with Crippen molar-refractivity contribution in [2.24, 2.45) is 0 Å². The third kappa shape index (κ3) is 5.04. The topological polar surface area (TPSA) is 35.6 Å². The zero-order chi connectivity index (χ0) is 12.8. The van der Waals surface area contributed by atoms with E-state index >= 15 is 0 Å². The van der Waals surface area contributed by atoms with Gasteiger partial charge < -0.3 is 15.1 Å². The van der Waals surface area contributed by atoms with Gasteiger partial charge >= 0.3 is 0 Å². The van der Waals surface area contributed by atoms with Gasteiger partial charge in [-0.1, -0.05) is 0 Å². The molecule has 0 aliphatic carbocycles. The van der Waals surface area contributed by atoms with E-state index in [-0.39, 0.29) is 11.9 Å². The summed E-state index contributed by atoms with van der Waals surface area (Å²) in [5, 5.41) is 3.31. The summed E-state index contributed by atoms with van der Waals surface area (Å²) in [4.78, 5) is 16.0. The van der Waals surface area contributed by atoms with Crippen LogP contribution in [0.2, 0.25) is 0 Å². The number of rotatable bonds is 6. The molecule has 1 heterocycles. The number of likely N-dealkylation sites (N-methyl/N-ethyl adjacent to an activating group) is 1. The quantitative estimate of drug-likeness (QED) is 0.751. The molecule has 1 amide bonds. The van der Waals surface area contributed by atoms with Crippen LogP contribution in [0.4, 0.5) is 0 Å². The molecule has 1 unspecified atom stereocenters. The Hall–Kier alpha value is -0.610. The van der Waals surface area contributed by atoms with Crippen molar-refractivity contribution < 1.29 is 4.79 Å². The smallest absolute Gasteiger partial charge is 0.236 e. The van der Waals surface area contributed by atoms with E-state index in [1.807, 2.05) is 20.9 Å². The van der Waals surface area contributed by atoms with Crippen molar-refractivity contribution in [3.05, 3.63) is 0 Å². The van der Waals surface area contributed by atoms with Gasteiger partial charge in [0.25, 0.3) is 0 Å². The number of nitrogens with one attached hydrogen (secondary N) is 1. The van der Waals surface area contributed by atoms with Crippen LogP contribution < -0.4 is 5.32 Å². The van der Waals surface area contributed by atoms with E-state index in [0.717, 1.165) is 6.54 Å². The number of likely N-dealkylation sites (tertiary alicyclic amines) is 1. The molecule has 1 N–H and O–H groups in total. The molecule has 1 aliphatic heterocycles. The molecule has 1 aliphatic rings. The molecule has 17 heavy (non-hydrogen) atoms. The molecule has 100 valence electrons. The lowest BCUT2D eigenvalue weighted by molar-refractivity contribution is -0.130. The van der Waals surface area contributed by atoms with E-state index in [1.165, 1.54) is 25.9 Å². The third-order valence-electron chi connectivity index (χ3n) is 3.50. The second-order valence-corrected chi connectivity index (χ2v) is 5.39. The van der Waals surface area contributed by atoms with Crippen LogP contribution in [0.15, 0.2) is 0 Å². The first-order chi connectivity index (χ1) is 8.00. The van der Waals surface area contributed by atoms with Gasteiger partial charge in [-0.15, -0.1) is 0 Å². The van der Waals surface area contributed by atoms with Gasteiger partial charge in [-0.3, -0.25) is 4.79 Å². The van der Waals surface area contributed by atoms with Crippen LogP contribution in [0.1, 0.15) is 33.6 Å². The number of carbonyl (C=O) groups excluding carboxylic acids is 1. The van der Waals surface area contributed by atoms with Crippen molar-refractivity contribution in [3.8, 4) is 0 Å². The molecule has 0 radical (unpaired) electrons. The van der Waals surface area contributed by atoms with Crippen LogP contribution in [-0.4, -0.2) is 61.0 Å². The van der Waals surface area contributed by atoms with E-state index in [1.54, 1.807) is 4.90 Å². The standard InChI is InChI=1S/C13H27N3O/c1-11(2)15(4)13(17)9-14-12(3)10-16-7-5-6-8-16/h11-12,14H,5-10H2,1-4H3. The van der Waals surface area contributed by atoms with Gasteiger partial charge in [0.1, 0.15) is 0 Å². The van der Waals surface area contributed by atoms with Crippen LogP contribution >= 0.6 is 0 Å². The van der Waals surface area contributed by atoms with Crippen molar-refractivity contribution in [2.75, 3.05) is 33.2 Å². The lowest BCUT2D eigenvalue weighted by Gasteiger charge is -2.24. The van der Waals surface area contributed by atoms with Gasteiger partial charge in [-0.05, 0) is 46.7 Å². The van der Waals surface area contributed by atoms with Crippen LogP contribution in [0.5, 0.6) is 0 Å². The molecular weight excluding hydrogens is 214 g/mol. The van der Waals surface area contributed by atoms with Gasteiger partial charge in [0, 0.05) is 25.7 Å². The molecule has 0 aromatic rings. The Morgan fingerprint density at radius 2 is 1.88 bits per heavy atom. The minimum atomic E-state index is 0.174. The maximum Gasteiger partial charge on any atom is 0.236 e. The fraction of sp³-hybridized carbons (Fsp3) is 0.923. The highest BCUT2D eigenvalue weighted by Crippen LogP contribution is 2.07. The fourth-order valence-electron chi connectivity index (χ4n) is 2.09. The summed E-state index contributed by atoms with van der Waals surface area (Å²) in [7, 11) is 1.86. The van der Waals surface area contributed by atoms with Gasteiger partial charge in [-0.25, -0.2) is 0 Å². The van der Waals surface area contributed by atoms with E-state index in [0.29, 0.717) is 12.6 Å². The highest BCUT2D eigenvalue weighted by atomic mass is 16.2. The highest BCUT2D eigenvalue weighted by Gasteiger charge is 2.16. The fourth-order valence-corrected chi connectivity index (χ4v) is 2.09. The Bertz CT molecular complexity index is 237. The first-order valence-corrected chi connectivity index (χ1v) is 6.72. The first kappa shape index (κ1) is 14.5. The molecule has 0 aromatic heterocycles. The monoisotopic (exact) mass is 241 g/mol. The molecule has 0 bridgehead atoms. The summed E-state index contributed by atoms with van der Waals surface area (Å²) < 4.78 is 0. The average molecular weight is 241 g/mol. The molecule has 1 rings (SSSR count). The minimum absolute atomic E-state index is 0.174. The normalized spacial score (nSPS) is 18.6. The largest absolute Gasteiger partial charge is 0.342 e. The van der Waals surface area contributed by atoms with E-state index in [4.69, 9.17) is 0 Å². The Morgan fingerprint density at radius 1 is 1.29 bits per heavy atom. The lowest BCUT2D eigenvalue weighted by Crippen LogP contribution is -2.45. The number of hydrogen-bond donors (Lipinski definition) is 1. The van der Waals surface area contributed by atoms with E-state index in [2.05, 4.69) is 17.1 Å². The van der Waals surface area contributed by atoms with Gasteiger partial charge in [0.15, 0.2) is 0 Å². The summed E-state index contributed by atoms with van der Waals surface area (Å²) >= 11 is 0. The zero-order valence-electron chi connectivity index (χ0n) is 11.7. The Labute approximate surface area is 105 Å². The summed E-state index contributed by atoms with van der Waals surface area (Å²) in [6.45, 7) is 10.2. The van der Waals surface area contributed by atoms with Crippen molar-refractivity contribution in [1.29, 1.82) is 0 Å². The first-order valence-electron chi connectivity index (χ1n) is 6.72. The summed E-state index contributed by atoms with van der Waals surface area (Å²) in [5.74, 6) is 0.174. The van der Waals surface area contributed by atoms with Gasteiger partial charge in [0.05, 0.1) is 6.54 Å². The number of hydrogen-bond acceptors (Lipinski definition) is 3. The van der Waals surface area contributed by atoms with Crippen LogP contribution in [0.25, 0.3) is 0 Å². The van der Waals surface area contributed by atoms with Crippen molar-refractivity contribution in [1.82, 2.24) is 15.1 Å². The van der Waals surface area contributed by atoms with E-state index in [9.17, 15) is 4.79 Å². The minimum Gasteiger partial charge on any atom is -0.342 e. The van der Waals surface area contributed by atoms with Crippen LogP contribution in [0.3, 0.4) is 0 Å². The molecule has 1 saturated heterocycles. The maximum absolute atomic E-state index is 11.8. The van der Waals surface area contributed by atoms with Crippen molar-refractivity contribution in [2.45, 2.75) is 45.7 Å². The molecule has 4 heteroatoms. The maximum atomic E-state index is 11.8. The number of carbonyl (C=O) groups is 1. The zero-order valence-corrected chi connectivity index (χ0v) is 11.7. The van der Waals surface area contributed by atoms with Crippen molar-refractivity contribution in [3.63, 3.8) is 0 Å². The number of nitrogens with zero attached hydrogens (tertiary/aromatic N) is 2. The van der Waals surface area contributed by atoms with Gasteiger partial charge in [0.2, 0.25) is 5.91 Å². The SMILES string of the molecule is CC(CN1CCCC1)NCC(=O)N(C)C(C)C. The molecule has 1 fully saturated rings. The predicted molar refractivity (Wildman–Crippen MR) is 71.0 cm³/mol. The molecule has 0 aromatic carbocycles. The molecular formula is C13H27N3O. The second-order valence-electron chi connectivity index (χ2n) is 5.39. The predicted octanol–water partition coefficient (Wildman–Crippen LogP) is 0.927. The molecule has 4 nitrogen and oxygen atoms in total. The van der Waals surface area contributed by atoms with Crippen LogP contribution in [-0.2, 0) is 4.79 Å². The van der Waals surface area contributed by atoms with Crippen LogP contribution in [0, 0.1) is 0 Å². The average Bonchev–Trinajstić information content (AvgIpc) is 2.77. The van der Waals surface area contributed by atoms with Gasteiger partial charge in [-0.2, -0.15) is 0 Å². The molecule has 0 saturated carbocycles. The third-order valence-corrected chi connectivity index (χ3v) is 3.50. The molecule has 0 spiro atoms. The Kier molecular flexibility index (Phi) is 5.92. The lowest BCUT2D eigenvalue weighted by atomic mass is 10.3. The van der Waals surface area contributed by atoms with Crippen molar-refractivity contribution >= 4 is 5.91 Å². The summed E-state index contributed by atoms with van der Waals surface area (Å²) in [5.41, 5.74) is 0. The summed E-state index contributed by atoms with van der Waals surface area (Å²) in [6.07, 6.45) is 2.64. The number of amides is 1. The highest BCUT2D eigenvalue weighted by molar-refractivity contribution is 5.78. The molecule has 1 atom stereocenters. The second kappa shape index (κ2) is 6.97. The summed E-state index contributed by atoms with van der Waals surface area (Å²) in [6, 6.07) is 0.663. The van der Waals surface area contributed by atoms with E-state index < -0.39 is 0 Å².